The van der Waals surface area contributed by atoms with E-state index in [2.05, 4.69) is 5.43 Å². The van der Waals surface area contributed by atoms with E-state index in [1.54, 1.807) is 32.0 Å². The first-order valence-corrected chi connectivity index (χ1v) is 7.86. The molecule has 128 valence electrons. The van der Waals surface area contributed by atoms with E-state index >= 15 is 0 Å². The number of rotatable bonds is 5. The smallest absolute Gasteiger partial charge is 0.288 e. The molecule has 1 fully saturated rings. The number of carbonyl (C=O) groups excluding carboxylic acids is 1. The standard InChI is InChI=1S/C16H20ClF3N2O/c1-15(2)10-22(21-14(15)23)13(16(18,19)20)8-4-6-11-5-3-7-12(17)9-11/h3,5,7,9,13H,4,6,8,10H2,1-2H3,(H,21,23). The number of amides is 1. The first-order valence-electron chi connectivity index (χ1n) is 7.48. The summed E-state index contributed by atoms with van der Waals surface area (Å²) in [5.41, 5.74) is 2.46. The van der Waals surface area contributed by atoms with Crippen molar-refractivity contribution in [3.05, 3.63) is 34.9 Å². The SMILES string of the molecule is CC1(C)CN(C(CCCc2cccc(Cl)c2)C(F)(F)F)NC1=O. The second-order valence-corrected chi connectivity index (χ2v) is 6.97. The summed E-state index contributed by atoms with van der Waals surface area (Å²) in [6.07, 6.45) is -3.59. The van der Waals surface area contributed by atoms with Crippen molar-refractivity contribution in [1.82, 2.24) is 10.4 Å². The molecule has 0 spiro atoms. The Kier molecular flexibility index (Phi) is 5.26. The molecule has 0 aliphatic carbocycles. The predicted octanol–water partition coefficient (Wildman–Crippen LogP) is 3.97. The van der Waals surface area contributed by atoms with Crippen LogP contribution in [0.15, 0.2) is 24.3 Å². The number of hydrazine groups is 1. The topological polar surface area (TPSA) is 32.3 Å². The van der Waals surface area contributed by atoms with Gasteiger partial charge in [-0.15, -0.1) is 0 Å². The number of nitrogens with one attached hydrogen (secondary N) is 1. The Morgan fingerprint density at radius 2 is 2.09 bits per heavy atom. The highest BCUT2D eigenvalue weighted by atomic mass is 35.5. The highest BCUT2D eigenvalue weighted by Crippen LogP contribution is 2.33. The van der Waals surface area contributed by atoms with Crippen molar-refractivity contribution in [2.45, 2.75) is 45.3 Å². The number of hydrogen-bond acceptors (Lipinski definition) is 2. The van der Waals surface area contributed by atoms with Gasteiger partial charge >= 0.3 is 6.18 Å². The molecule has 1 aromatic rings. The third-order valence-corrected chi connectivity index (χ3v) is 4.25. The van der Waals surface area contributed by atoms with E-state index in [9.17, 15) is 18.0 Å². The minimum atomic E-state index is -4.39. The zero-order valence-electron chi connectivity index (χ0n) is 13.1. The van der Waals surface area contributed by atoms with Gasteiger partial charge in [-0.3, -0.25) is 10.2 Å². The lowest BCUT2D eigenvalue weighted by molar-refractivity contribution is -0.190. The molecule has 1 atom stereocenters. The molecule has 1 aliphatic heterocycles. The van der Waals surface area contributed by atoms with Crippen LogP contribution in [0.3, 0.4) is 0 Å². The average Bonchev–Trinajstić information content (AvgIpc) is 2.67. The summed E-state index contributed by atoms with van der Waals surface area (Å²) < 4.78 is 40.0. The monoisotopic (exact) mass is 348 g/mol. The van der Waals surface area contributed by atoms with Gasteiger partial charge in [0.05, 0.1) is 5.41 Å². The molecule has 1 aliphatic rings. The quantitative estimate of drug-likeness (QED) is 0.873. The average molecular weight is 349 g/mol. The van der Waals surface area contributed by atoms with Crippen molar-refractivity contribution < 1.29 is 18.0 Å². The van der Waals surface area contributed by atoms with E-state index in [1.165, 1.54) is 0 Å². The Hall–Kier alpha value is -1.27. The molecular weight excluding hydrogens is 329 g/mol. The van der Waals surface area contributed by atoms with Gasteiger partial charge in [0.25, 0.3) is 0 Å². The van der Waals surface area contributed by atoms with Gasteiger partial charge in [-0.25, -0.2) is 5.01 Å². The zero-order chi connectivity index (χ0) is 17.3. The van der Waals surface area contributed by atoms with Crippen molar-refractivity contribution in [1.29, 1.82) is 0 Å². The van der Waals surface area contributed by atoms with Gasteiger partial charge < -0.3 is 0 Å². The van der Waals surface area contributed by atoms with E-state index in [0.717, 1.165) is 10.6 Å². The van der Waals surface area contributed by atoms with Crippen molar-refractivity contribution in [2.24, 2.45) is 5.41 Å². The largest absolute Gasteiger partial charge is 0.405 e. The van der Waals surface area contributed by atoms with Gasteiger partial charge in [-0.1, -0.05) is 23.7 Å². The van der Waals surface area contributed by atoms with Crippen LogP contribution in [0.2, 0.25) is 5.02 Å². The number of hydrogen-bond donors (Lipinski definition) is 1. The van der Waals surface area contributed by atoms with Crippen LogP contribution in [0, 0.1) is 5.41 Å². The van der Waals surface area contributed by atoms with Crippen molar-refractivity contribution in [3.8, 4) is 0 Å². The number of halogens is 4. The van der Waals surface area contributed by atoms with Crippen LogP contribution >= 0.6 is 11.6 Å². The summed E-state index contributed by atoms with van der Waals surface area (Å²) in [7, 11) is 0. The van der Waals surface area contributed by atoms with Crippen LogP contribution in [-0.2, 0) is 11.2 Å². The number of benzene rings is 1. The normalized spacial score (nSPS) is 19.7. The van der Waals surface area contributed by atoms with Crippen LogP contribution in [0.1, 0.15) is 32.3 Å². The molecule has 1 amide bonds. The summed E-state index contributed by atoms with van der Waals surface area (Å²) in [4.78, 5) is 11.7. The molecule has 0 bridgehead atoms. The van der Waals surface area contributed by atoms with Crippen LogP contribution in [0.4, 0.5) is 13.2 Å². The molecule has 0 radical (unpaired) electrons. The fourth-order valence-electron chi connectivity index (χ4n) is 2.70. The number of alkyl halides is 3. The maximum atomic E-state index is 13.3. The molecule has 2 rings (SSSR count). The maximum Gasteiger partial charge on any atom is 0.405 e. The zero-order valence-corrected chi connectivity index (χ0v) is 13.8. The Morgan fingerprint density at radius 3 is 2.61 bits per heavy atom. The number of carbonyl (C=O) groups is 1. The van der Waals surface area contributed by atoms with Crippen LogP contribution in [0.25, 0.3) is 0 Å². The van der Waals surface area contributed by atoms with Gasteiger partial charge in [0.1, 0.15) is 6.04 Å². The molecule has 3 nitrogen and oxygen atoms in total. The Bertz CT molecular complexity index is 575. The Morgan fingerprint density at radius 1 is 1.39 bits per heavy atom. The lowest BCUT2D eigenvalue weighted by atomic mass is 9.94. The fraction of sp³-hybridized carbons (Fsp3) is 0.562. The van der Waals surface area contributed by atoms with Gasteiger partial charge in [0.15, 0.2) is 0 Å². The second kappa shape index (κ2) is 6.69. The van der Waals surface area contributed by atoms with Gasteiger partial charge in [0.2, 0.25) is 5.91 Å². The Balaban J connectivity index is 1.99. The van der Waals surface area contributed by atoms with Crippen molar-refractivity contribution in [3.63, 3.8) is 0 Å². The number of nitrogens with zero attached hydrogens (tertiary/aromatic N) is 1. The number of aryl methyl sites for hydroxylation is 1. The first kappa shape index (κ1) is 18.1. The third-order valence-electron chi connectivity index (χ3n) is 4.01. The van der Waals surface area contributed by atoms with Crippen LogP contribution < -0.4 is 5.43 Å². The third kappa shape index (κ3) is 4.61. The van der Waals surface area contributed by atoms with Crippen LogP contribution in [-0.4, -0.2) is 29.7 Å². The van der Waals surface area contributed by atoms with E-state index in [0.29, 0.717) is 17.9 Å². The van der Waals surface area contributed by atoms with E-state index in [1.807, 2.05) is 6.07 Å². The molecule has 1 saturated heterocycles. The van der Waals surface area contributed by atoms with Crippen molar-refractivity contribution >= 4 is 17.5 Å². The summed E-state index contributed by atoms with van der Waals surface area (Å²) >= 11 is 5.87. The molecule has 1 unspecified atom stereocenters. The molecule has 23 heavy (non-hydrogen) atoms. The lowest BCUT2D eigenvalue weighted by Gasteiger charge is -2.29. The predicted molar refractivity (Wildman–Crippen MR) is 82.9 cm³/mol. The highest BCUT2D eigenvalue weighted by Gasteiger charge is 2.49. The minimum Gasteiger partial charge on any atom is -0.288 e. The van der Waals surface area contributed by atoms with Gasteiger partial charge in [-0.2, -0.15) is 13.2 Å². The lowest BCUT2D eigenvalue weighted by Crippen LogP contribution is -2.50. The molecule has 7 heteroatoms. The highest BCUT2D eigenvalue weighted by molar-refractivity contribution is 6.30. The van der Waals surface area contributed by atoms with Crippen molar-refractivity contribution in [2.75, 3.05) is 6.54 Å². The summed E-state index contributed by atoms with van der Waals surface area (Å²) in [5, 5.41) is 1.60. The second-order valence-electron chi connectivity index (χ2n) is 6.53. The summed E-state index contributed by atoms with van der Waals surface area (Å²) in [6.45, 7) is 3.33. The Labute approximate surface area is 138 Å². The van der Waals surface area contributed by atoms with E-state index < -0.39 is 17.6 Å². The van der Waals surface area contributed by atoms with E-state index in [4.69, 9.17) is 11.6 Å². The minimum absolute atomic E-state index is 0.0488. The fourth-order valence-corrected chi connectivity index (χ4v) is 2.91. The molecule has 1 N–H and O–H groups in total. The van der Waals surface area contributed by atoms with E-state index in [-0.39, 0.29) is 18.9 Å². The summed E-state index contributed by atoms with van der Waals surface area (Å²) in [6, 6.07) is 5.43. The molecule has 1 aromatic carbocycles. The molecule has 0 saturated carbocycles. The molecular formula is C16H20ClF3N2O. The molecule has 0 aromatic heterocycles. The van der Waals surface area contributed by atoms with Gasteiger partial charge in [-0.05, 0) is 50.8 Å². The summed E-state index contributed by atoms with van der Waals surface area (Å²) in [5.74, 6) is -0.374. The molecule has 1 heterocycles. The first-order chi connectivity index (χ1) is 10.6. The van der Waals surface area contributed by atoms with Gasteiger partial charge in [0, 0.05) is 11.6 Å². The van der Waals surface area contributed by atoms with Crippen LogP contribution in [0.5, 0.6) is 0 Å². The maximum absolute atomic E-state index is 13.3.